The van der Waals surface area contributed by atoms with Crippen molar-refractivity contribution >= 4 is 17.5 Å². The van der Waals surface area contributed by atoms with Gasteiger partial charge in [0.1, 0.15) is 16.9 Å². The van der Waals surface area contributed by atoms with Gasteiger partial charge < -0.3 is 9.64 Å². The van der Waals surface area contributed by atoms with Crippen molar-refractivity contribution in [2.75, 3.05) is 6.54 Å². The molecule has 3 fully saturated rings. The Kier molecular flexibility index (Phi) is 2.62. The van der Waals surface area contributed by atoms with Crippen molar-refractivity contribution in [2.24, 2.45) is 11.3 Å². The van der Waals surface area contributed by atoms with E-state index < -0.39 is 0 Å². The van der Waals surface area contributed by atoms with Gasteiger partial charge in [-0.3, -0.25) is 9.78 Å². The van der Waals surface area contributed by atoms with Crippen LogP contribution in [0.3, 0.4) is 0 Å². The van der Waals surface area contributed by atoms with Gasteiger partial charge in [0.2, 0.25) is 5.91 Å². The van der Waals surface area contributed by atoms with E-state index >= 15 is 0 Å². The number of carbonyl (C=O) groups is 1. The fraction of sp³-hybridized carbons (Fsp3) is 0.647. The van der Waals surface area contributed by atoms with Crippen molar-refractivity contribution in [3.05, 3.63) is 23.0 Å². The minimum absolute atomic E-state index is 0.0751. The summed E-state index contributed by atoms with van der Waals surface area (Å²) in [6, 6.07) is 0.0986. The highest BCUT2D eigenvalue weighted by atomic mass is 35.5. The Bertz CT molecular complexity index is 654. The third-order valence-electron chi connectivity index (χ3n) is 6.24. The zero-order chi connectivity index (χ0) is 14.9. The second kappa shape index (κ2) is 4.38. The molecular weight excluding hydrogens is 300 g/mol. The molecule has 5 rings (SSSR count). The Morgan fingerprint density at radius 1 is 1.36 bits per heavy atom. The molecule has 0 radical (unpaired) electrons. The van der Waals surface area contributed by atoms with Gasteiger partial charge in [-0.15, -0.1) is 0 Å². The van der Waals surface area contributed by atoms with Gasteiger partial charge in [-0.1, -0.05) is 11.6 Å². The van der Waals surface area contributed by atoms with Gasteiger partial charge in [-0.25, -0.2) is 0 Å². The van der Waals surface area contributed by atoms with E-state index in [-0.39, 0.29) is 17.6 Å². The number of pyridine rings is 1. The monoisotopic (exact) mass is 318 g/mol. The van der Waals surface area contributed by atoms with Crippen molar-refractivity contribution in [2.45, 2.75) is 50.7 Å². The van der Waals surface area contributed by atoms with Crippen LogP contribution in [0.1, 0.15) is 50.1 Å². The topological polar surface area (TPSA) is 42.4 Å². The zero-order valence-electron chi connectivity index (χ0n) is 12.4. The van der Waals surface area contributed by atoms with Crippen molar-refractivity contribution < 1.29 is 9.53 Å². The van der Waals surface area contributed by atoms with E-state index in [1.54, 1.807) is 6.20 Å². The minimum atomic E-state index is -0.0751. The smallest absolute Gasteiger partial charge is 0.229 e. The first kappa shape index (κ1) is 13.2. The molecule has 0 spiro atoms. The van der Waals surface area contributed by atoms with E-state index in [2.05, 4.69) is 9.88 Å². The molecule has 4 bridgehead atoms. The fourth-order valence-corrected chi connectivity index (χ4v) is 5.38. The van der Waals surface area contributed by atoms with Crippen LogP contribution < -0.4 is 4.74 Å². The molecule has 1 aromatic heterocycles. The van der Waals surface area contributed by atoms with E-state index in [4.69, 9.17) is 16.3 Å². The SMILES string of the molecule is O=C(N1C[C@@H]2C[C@H]1c1cncc(Cl)c1O2)C12CCC(CC1)C2. The van der Waals surface area contributed by atoms with Crippen LogP contribution in [0.15, 0.2) is 12.4 Å². The van der Waals surface area contributed by atoms with E-state index in [0.29, 0.717) is 17.5 Å². The Morgan fingerprint density at radius 2 is 2.18 bits per heavy atom. The summed E-state index contributed by atoms with van der Waals surface area (Å²) in [5.41, 5.74) is 0.910. The summed E-state index contributed by atoms with van der Waals surface area (Å²) < 4.78 is 6.01. The van der Waals surface area contributed by atoms with Crippen LogP contribution in [0.5, 0.6) is 5.75 Å². The maximum absolute atomic E-state index is 13.3. The van der Waals surface area contributed by atoms with Gasteiger partial charge in [0.05, 0.1) is 12.6 Å². The number of rotatable bonds is 1. The summed E-state index contributed by atoms with van der Waals surface area (Å²) in [5, 5.41) is 0.557. The molecule has 0 N–H and O–H groups in total. The molecule has 1 amide bonds. The van der Waals surface area contributed by atoms with Crippen LogP contribution in [0.25, 0.3) is 0 Å². The Hall–Kier alpha value is -1.29. The highest BCUT2D eigenvalue weighted by Gasteiger charge is 2.54. The van der Waals surface area contributed by atoms with Crippen molar-refractivity contribution in [3.8, 4) is 5.75 Å². The minimum Gasteiger partial charge on any atom is -0.486 e. The molecule has 0 unspecified atom stereocenters. The molecule has 2 aliphatic carbocycles. The summed E-state index contributed by atoms with van der Waals surface area (Å²) in [6.07, 6.45) is 10.1. The van der Waals surface area contributed by atoms with Crippen molar-refractivity contribution in [1.82, 2.24) is 9.88 Å². The number of amides is 1. The first-order valence-corrected chi connectivity index (χ1v) is 8.65. The zero-order valence-corrected chi connectivity index (χ0v) is 13.2. The summed E-state index contributed by atoms with van der Waals surface area (Å²) in [4.78, 5) is 19.6. The molecule has 4 aliphatic rings. The van der Waals surface area contributed by atoms with Crippen LogP contribution in [-0.4, -0.2) is 28.4 Å². The number of halogens is 1. The molecule has 22 heavy (non-hydrogen) atoms. The number of hydrogen-bond donors (Lipinski definition) is 0. The molecule has 4 nitrogen and oxygen atoms in total. The second-order valence-electron chi connectivity index (χ2n) is 7.42. The molecular formula is C17H19ClN2O2. The molecule has 2 saturated carbocycles. The summed E-state index contributed by atoms with van der Waals surface area (Å²) in [7, 11) is 0. The third-order valence-corrected chi connectivity index (χ3v) is 6.51. The maximum atomic E-state index is 13.3. The van der Waals surface area contributed by atoms with Crippen LogP contribution in [0.4, 0.5) is 0 Å². The largest absolute Gasteiger partial charge is 0.486 e. The average Bonchev–Trinajstić information content (AvgIpc) is 3.22. The Balaban J connectivity index is 1.51. The quantitative estimate of drug-likeness (QED) is 0.797. The number of ether oxygens (including phenoxy) is 1. The number of likely N-dealkylation sites (tertiary alicyclic amines) is 1. The predicted octanol–water partition coefficient (Wildman–Crippen LogP) is 3.35. The summed E-state index contributed by atoms with van der Waals surface area (Å²) in [5.74, 6) is 1.88. The van der Waals surface area contributed by atoms with Crippen LogP contribution in [0.2, 0.25) is 5.02 Å². The Labute approximate surface area is 134 Å². The molecule has 2 atom stereocenters. The maximum Gasteiger partial charge on any atom is 0.229 e. The third kappa shape index (κ3) is 1.65. The van der Waals surface area contributed by atoms with Gasteiger partial charge in [-0.2, -0.15) is 0 Å². The van der Waals surface area contributed by atoms with E-state index in [1.165, 1.54) is 12.8 Å². The van der Waals surface area contributed by atoms with Gasteiger partial charge in [-0.05, 0) is 38.0 Å². The lowest BCUT2D eigenvalue weighted by molar-refractivity contribution is -0.142. The first-order chi connectivity index (χ1) is 10.7. The van der Waals surface area contributed by atoms with Gasteiger partial charge in [0.25, 0.3) is 0 Å². The number of hydrogen-bond acceptors (Lipinski definition) is 3. The number of aromatic nitrogens is 1. The molecule has 3 heterocycles. The van der Waals surface area contributed by atoms with Gasteiger partial charge in [0, 0.05) is 29.8 Å². The van der Waals surface area contributed by atoms with Crippen LogP contribution in [0, 0.1) is 11.3 Å². The molecule has 1 saturated heterocycles. The van der Waals surface area contributed by atoms with Gasteiger partial charge >= 0.3 is 0 Å². The van der Waals surface area contributed by atoms with Crippen molar-refractivity contribution in [3.63, 3.8) is 0 Å². The van der Waals surface area contributed by atoms with Crippen LogP contribution in [-0.2, 0) is 4.79 Å². The molecule has 5 heteroatoms. The predicted molar refractivity (Wildman–Crippen MR) is 81.7 cm³/mol. The highest BCUT2D eigenvalue weighted by Crippen LogP contribution is 2.57. The Morgan fingerprint density at radius 3 is 2.91 bits per heavy atom. The number of carbonyl (C=O) groups excluding carboxylic acids is 1. The van der Waals surface area contributed by atoms with Gasteiger partial charge in [0.15, 0.2) is 0 Å². The van der Waals surface area contributed by atoms with E-state index in [9.17, 15) is 4.79 Å². The summed E-state index contributed by atoms with van der Waals surface area (Å²) >= 11 is 6.23. The molecule has 2 aliphatic heterocycles. The fourth-order valence-electron chi connectivity index (χ4n) is 5.17. The highest BCUT2D eigenvalue weighted by molar-refractivity contribution is 6.32. The lowest BCUT2D eigenvalue weighted by atomic mass is 9.82. The molecule has 0 aromatic carbocycles. The number of fused-ring (bicyclic) bond motifs is 6. The lowest BCUT2D eigenvalue weighted by Crippen LogP contribution is -2.41. The normalized spacial score (nSPS) is 38.0. The summed E-state index contributed by atoms with van der Waals surface area (Å²) in [6.45, 7) is 0.695. The van der Waals surface area contributed by atoms with Crippen LogP contribution >= 0.6 is 11.6 Å². The van der Waals surface area contributed by atoms with Crippen molar-refractivity contribution in [1.29, 1.82) is 0 Å². The molecule has 116 valence electrons. The lowest BCUT2D eigenvalue weighted by Gasteiger charge is -2.34. The first-order valence-electron chi connectivity index (χ1n) is 8.27. The molecule has 1 aromatic rings. The number of nitrogens with zero attached hydrogens (tertiary/aromatic N) is 2. The standard InChI is InChI=1S/C17H19ClN2O2/c18-13-8-19-7-12-14-5-11(22-15(12)13)9-20(14)16(21)17-3-1-10(6-17)2-4-17/h7-8,10-11,14H,1-6,9H2/t10?,11-,14-,17?/m0/s1. The van der Waals surface area contributed by atoms with E-state index in [1.807, 2.05) is 6.20 Å². The average molecular weight is 319 g/mol. The second-order valence-corrected chi connectivity index (χ2v) is 7.82. The van der Waals surface area contributed by atoms with E-state index in [0.717, 1.165) is 42.9 Å².